The van der Waals surface area contributed by atoms with Crippen molar-refractivity contribution in [1.29, 1.82) is 0 Å². The van der Waals surface area contributed by atoms with E-state index in [2.05, 4.69) is 31.2 Å². The minimum absolute atomic E-state index is 0.0727. The Hall–Kier alpha value is -1.17. The Balaban J connectivity index is 2.27. The second kappa shape index (κ2) is 4.78. The van der Waals surface area contributed by atoms with Crippen molar-refractivity contribution in [3.05, 3.63) is 17.0 Å². The van der Waals surface area contributed by atoms with Crippen molar-refractivity contribution in [1.82, 2.24) is 15.3 Å². The molecule has 1 aliphatic heterocycles. The van der Waals surface area contributed by atoms with Gasteiger partial charge in [0.15, 0.2) is 0 Å². The SMILES string of the molecule is CCC1C(=O)NCCN1c1cc(Br)ncn1. The highest BCUT2D eigenvalue weighted by Gasteiger charge is 2.28. The van der Waals surface area contributed by atoms with E-state index in [0.29, 0.717) is 6.54 Å². The van der Waals surface area contributed by atoms with E-state index in [1.54, 1.807) is 0 Å². The topological polar surface area (TPSA) is 58.1 Å². The summed E-state index contributed by atoms with van der Waals surface area (Å²) in [5.41, 5.74) is 0. The number of carbonyl (C=O) groups is 1. The van der Waals surface area contributed by atoms with Crippen molar-refractivity contribution < 1.29 is 4.79 Å². The summed E-state index contributed by atoms with van der Waals surface area (Å²) >= 11 is 3.31. The number of hydrogen-bond donors (Lipinski definition) is 1. The van der Waals surface area contributed by atoms with Crippen LogP contribution in [-0.2, 0) is 4.79 Å². The predicted octanol–water partition coefficient (Wildman–Crippen LogP) is 0.954. The van der Waals surface area contributed by atoms with Gasteiger partial charge in [0.2, 0.25) is 5.91 Å². The van der Waals surface area contributed by atoms with Gasteiger partial charge in [-0.1, -0.05) is 6.92 Å². The van der Waals surface area contributed by atoms with Crippen LogP contribution in [0, 0.1) is 0 Å². The zero-order valence-corrected chi connectivity index (χ0v) is 10.6. The molecule has 5 nitrogen and oxygen atoms in total. The van der Waals surface area contributed by atoms with Crippen LogP contribution >= 0.6 is 15.9 Å². The van der Waals surface area contributed by atoms with Crippen molar-refractivity contribution in [2.75, 3.05) is 18.0 Å². The molecule has 2 rings (SSSR count). The van der Waals surface area contributed by atoms with Gasteiger partial charge in [-0.05, 0) is 22.4 Å². The number of anilines is 1. The van der Waals surface area contributed by atoms with Crippen molar-refractivity contribution in [3.63, 3.8) is 0 Å². The number of carbonyl (C=O) groups excluding carboxylic acids is 1. The summed E-state index contributed by atoms with van der Waals surface area (Å²) in [6.07, 6.45) is 2.27. The van der Waals surface area contributed by atoms with Gasteiger partial charge >= 0.3 is 0 Å². The molecule has 0 spiro atoms. The van der Waals surface area contributed by atoms with Crippen LogP contribution in [0.5, 0.6) is 0 Å². The molecule has 86 valence electrons. The molecule has 0 bridgehead atoms. The first kappa shape index (κ1) is 11.3. The number of nitrogens with one attached hydrogen (secondary N) is 1. The fourth-order valence-electron chi connectivity index (χ4n) is 1.88. The molecule has 1 N–H and O–H groups in total. The highest BCUT2D eigenvalue weighted by atomic mass is 79.9. The van der Waals surface area contributed by atoms with Crippen LogP contribution in [0.1, 0.15) is 13.3 Å². The van der Waals surface area contributed by atoms with Crippen LogP contribution in [0.4, 0.5) is 5.82 Å². The predicted molar refractivity (Wildman–Crippen MR) is 64.2 cm³/mol. The highest BCUT2D eigenvalue weighted by Crippen LogP contribution is 2.19. The van der Waals surface area contributed by atoms with Crippen molar-refractivity contribution in [3.8, 4) is 0 Å². The number of hydrogen-bond acceptors (Lipinski definition) is 4. The van der Waals surface area contributed by atoms with E-state index in [1.807, 2.05) is 17.9 Å². The van der Waals surface area contributed by atoms with E-state index >= 15 is 0 Å². The van der Waals surface area contributed by atoms with Gasteiger partial charge in [-0.25, -0.2) is 9.97 Å². The standard InChI is InChI=1S/C10H13BrN4O/c1-2-7-10(16)12-3-4-15(7)9-5-8(11)13-6-14-9/h5-7H,2-4H2,1H3,(H,12,16). The van der Waals surface area contributed by atoms with E-state index in [4.69, 9.17) is 0 Å². The number of aromatic nitrogens is 2. The van der Waals surface area contributed by atoms with Gasteiger partial charge in [-0.15, -0.1) is 0 Å². The summed E-state index contributed by atoms with van der Waals surface area (Å²) in [5.74, 6) is 0.868. The number of rotatable bonds is 2. The number of nitrogens with zero attached hydrogens (tertiary/aromatic N) is 3. The van der Waals surface area contributed by atoms with E-state index in [9.17, 15) is 4.79 Å². The Morgan fingerprint density at radius 1 is 1.62 bits per heavy atom. The second-order valence-corrected chi connectivity index (χ2v) is 4.42. The lowest BCUT2D eigenvalue weighted by Crippen LogP contribution is -2.55. The molecule has 1 aromatic heterocycles. The van der Waals surface area contributed by atoms with Crippen LogP contribution in [0.15, 0.2) is 17.0 Å². The lowest BCUT2D eigenvalue weighted by Gasteiger charge is -2.35. The molecule has 1 atom stereocenters. The number of halogens is 1. The zero-order valence-electron chi connectivity index (χ0n) is 8.98. The van der Waals surface area contributed by atoms with Crippen molar-refractivity contribution in [2.24, 2.45) is 0 Å². The summed E-state index contributed by atoms with van der Waals surface area (Å²) in [6.45, 7) is 3.45. The Kier molecular flexibility index (Phi) is 3.38. The number of amides is 1. The third kappa shape index (κ3) is 2.16. The third-order valence-electron chi connectivity index (χ3n) is 2.63. The molecular formula is C10H13BrN4O. The molecule has 6 heteroatoms. The molecule has 0 radical (unpaired) electrons. The summed E-state index contributed by atoms with van der Waals surface area (Å²) in [7, 11) is 0. The van der Waals surface area contributed by atoms with E-state index in [-0.39, 0.29) is 11.9 Å². The first-order valence-corrected chi connectivity index (χ1v) is 6.03. The molecule has 0 aromatic carbocycles. The van der Waals surface area contributed by atoms with Gasteiger partial charge in [0.25, 0.3) is 0 Å². The lowest BCUT2D eigenvalue weighted by atomic mass is 10.1. The van der Waals surface area contributed by atoms with Crippen molar-refractivity contribution >= 4 is 27.7 Å². The first-order chi connectivity index (χ1) is 7.72. The molecule has 0 aliphatic carbocycles. The van der Waals surface area contributed by atoms with Crippen LogP contribution in [0.3, 0.4) is 0 Å². The molecule has 1 amide bonds. The average molecular weight is 285 g/mol. The molecule has 2 heterocycles. The van der Waals surface area contributed by atoms with Gasteiger partial charge < -0.3 is 10.2 Å². The Bertz CT molecular complexity index is 398. The van der Waals surface area contributed by atoms with E-state index in [0.717, 1.165) is 23.4 Å². The van der Waals surface area contributed by atoms with Gasteiger partial charge in [0, 0.05) is 19.2 Å². The maximum atomic E-state index is 11.7. The van der Waals surface area contributed by atoms with Gasteiger partial charge in [0.05, 0.1) is 0 Å². The Labute approximate surface area is 102 Å². The summed E-state index contributed by atoms with van der Waals surface area (Å²) in [6, 6.07) is 1.71. The lowest BCUT2D eigenvalue weighted by molar-refractivity contribution is -0.123. The van der Waals surface area contributed by atoms with Crippen LogP contribution in [-0.4, -0.2) is 35.0 Å². The quantitative estimate of drug-likeness (QED) is 0.822. The van der Waals surface area contributed by atoms with Crippen LogP contribution in [0.2, 0.25) is 0 Å². The molecular weight excluding hydrogens is 272 g/mol. The van der Waals surface area contributed by atoms with Gasteiger partial charge in [-0.3, -0.25) is 4.79 Å². The molecule has 16 heavy (non-hydrogen) atoms. The monoisotopic (exact) mass is 284 g/mol. The highest BCUT2D eigenvalue weighted by molar-refractivity contribution is 9.10. The van der Waals surface area contributed by atoms with E-state index < -0.39 is 0 Å². The Morgan fingerprint density at radius 2 is 2.44 bits per heavy atom. The molecule has 1 fully saturated rings. The van der Waals surface area contributed by atoms with Gasteiger partial charge in [0.1, 0.15) is 22.8 Å². The largest absolute Gasteiger partial charge is 0.353 e. The fraction of sp³-hybridized carbons (Fsp3) is 0.500. The van der Waals surface area contributed by atoms with E-state index in [1.165, 1.54) is 6.33 Å². The normalized spacial score (nSPS) is 20.8. The second-order valence-electron chi connectivity index (χ2n) is 3.61. The molecule has 1 unspecified atom stereocenters. The summed E-state index contributed by atoms with van der Waals surface area (Å²) < 4.78 is 0.735. The Morgan fingerprint density at radius 3 is 3.12 bits per heavy atom. The average Bonchev–Trinajstić information content (AvgIpc) is 2.28. The summed E-state index contributed by atoms with van der Waals surface area (Å²) in [5, 5.41) is 2.86. The summed E-state index contributed by atoms with van der Waals surface area (Å²) in [4.78, 5) is 21.9. The minimum atomic E-state index is -0.129. The first-order valence-electron chi connectivity index (χ1n) is 5.24. The smallest absolute Gasteiger partial charge is 0.242 e. The fourth-order valence-corrected chi connectivity index (χ4v) is 2.17. The maximum absolute atomic E-state index is 11.7. The number of piperazine rings is 1. The third-order valence-corrected chi connectivity index (χ3v) is 3.06. The minimum Gasteiger partial charge on any atom is -0.353 e. The maximum Gasteiger partial charge on any atom is 0.242 e. The molecule has 0 saturated carbocycles. The zero-order chi connectivity index (χ0) is 11.5. The molecule has 1 saturated heterocycles. The molecule has 1 aromatic rings. The van der Waals surface area contributed by atoms with Gasteiger partial charge in [-0.2, -0.15) is 0 Å². The van der Waals surface area contributed by atoms with Crippen molar-refractivity contribution in [2.45, 2.75) is 19.4 Å². The van der Waals surface area contributed by atoms with Crippen LogP contribution < -0.4 is 10.2 Å². The van der Waals surface area contributed by atoms with Crippen LogP contribution in [0.25, 0.3) is 0 Å². The molecule has 1 aliphatic rings.